The molecule has 0 heterocycles. The summed E-state index contributed by atoms with van der Waals surface area (Å²) in [4.78, 5) is 38.3. The maximum absolute atomic E-state index is 12.9. The molecule has 1 atom stereocenters. The van der Waals surface area contributed by atoms with E-state index in [2.05, 4.69) is 142 Å². The maximum atomic E-state index is 12.9. The van der Waals surface area contributed by atoms with Gasteiger partial charge in [-0.3, -0.25) is 14.4 Å². The third-order valence-electron chi connectivity index (χ3n) is 14.7. The van der Waals surface area contributed by atoms with Crippen LogP contribution < -0.4 is 0 Å². The SMILES string of the molecule is CC/C=C\C/C=C\C/C=C\C/C=C\C/C=C\C/C=C\CCCCCCCCCCCCCCC(=O)OCC(COC(=O)CCCCCCCCCCCC)OC(=O)CCCCCCCCCCCC/C=C\C/C=C\C/C=C\C/C=C\CC. The van der Waals surface area contributed by atoms with Crippen LogP contribution in [0.2, 0.25) is 0 Å². The molecule has 468 valence electrons. The van der Waals surface area contributed by atoms with Crippen LogP contribution in [0.3, 0.4) is 0 Å². The Kier molecular flexibility index (Phi) is 65.8. The van der Waals surface area contributed by atoms with E-state index in [4.69, 9.17) is 14.2 Å². The molecule has 0 aliphatic heterocycles. The fourth-order valence-electron chi connectivity index (χ4n) is 9.62. The Morgan fingerprint density at radius 2 is 0.476 bits per heavy atom. The molecule has 6 heteroatoms. The first kappa shape index (κ1) is 77.8. The molecule has 0 amide bonds. The quantitative estimate of drug-likeness (QED) is 0.0261. The van der Waals surface area contributed by atoms with Crippen molar-refractivity contribution in [2.24, 2.45) is 0 Å². The smallest absolute Gasteiger partial charge is 0.306 e. The second-order valence-electron chi connectivity index (χ2n) is 22.7. The number of allylic oxidation sites excluding steroid dienone is 20. The summed E-state index contributed by atoms with van der Waals surface area (Å²) in [6.45, 7) is 6.42. The summed E-state index contributed by atoms with van der Waals surface area (Å²) in [6.07, 6.45) is 96.5. The molecule has 0 bridgehead atoms. The summed E-state index contributed by atoms with van der Waals surface area (Å²) in [5, 5.41) is 0. The van der Waals surface area contributed by atoms with Crippen molar-refractivity contribution in [2.75, 3.05) is 13.2 Å². The normalized spacial score (nSPS) is 12.9. The third-order valence-corrected chi connectivity index (χ3v) is 14.7. The van der Waals surface area contributed by atoms with E-state index in [0.717, 1.165) is 122 Å². The molecular formula is C76H128O6. The van der Waals surface area contributed by atoms with Crippen LogP contribution in [-0.4, -0.2) is 37.2 Å². The van der Waals surface area contributed by atoms with Crippen LogP contribution in [0.1, 0.15) is 323 Å². The van der Waals surface area contributed by atoms with E-state index in [-0.39, 0.29) is 31.1 Å². The first-order chi connectivity index (χ1) is 40.5. The van der Waals surface area contributed by atoms with E-state index < -0.39 is 6.10 Å². The van der Waals surface area contributed by atoms with Crippen LogP contribution in [0.5, 0.6) is 0 Å². The molecule has 82 heavy (non-hydrogen) atoms. The molecule has 0 rings (SSSR count). The fraction of sp³-hybridized carbons (Fsp3) is 0.697. The Morgan fingerprint density at radius 3 is 0.744 bits per heavy atom. The average molecular weight is 1140 g/mol. The van der Waals surface area contributed by atoms with Gasteiger partial charge in [0.05, 0.1) is 0 Å². The zero-order chi connectivity index (χ0) is 59.2. The highest BCUT2D eigenvalue weighted by Gasteiger charge is 2.19. The number of carbonyl (C=O) groups excluding carboxylic acids is 3. The van der Waals surface area contributed by atoms with Gasteiger partial charge in [-0.1, -0.05) is 316 Å². The lowest BCUT2D eigenvalue weighted by Gasteiger charge is -2.18. The van der Waals surface area contributed by atoms with Crippen molar-refractivity contribution in [1.29, 1.82) is 0 Å². The molecule has 0 fully saturated rings. The molecule has 0 spiro atoms. The number of hydrogen-bond acceptors (Lipinski definition) is 6. The van der Waals surface area contributed by atoms with E-state index in [0.29, 0.717) is 19.3 Å². The summed E-state index contributed by atoms with van der Waals surface area (Å²) in [7, 11) is 0. The van der Waals surface area contributed by atoms with Crippen LogP contribution in [0.4, 0.5) is 0 Å². The van der Waals surface area contributed by atoms with Crippen LogP contribution in [0, 0.1) is 0 Å². The second-order valence-corrected chi connectivity index (χ2v) is 22.7. The Bertz CT molecular complexity index is 1690. The van der Waals surface area contributed by atoms with Gasteiger partial charge in [-0.15, -0.1) is 0 Å². The van der Waals surface area contributed by atoms with Gasteiger partial charge in [0.15, 0.2) is 6.10 Å². The lowest BCUT2D eigenvalue weighted by Crippen LogP contribution is -2.30. The number of rotatable bonds is 62. The molecule has 0 saturated heterocycles. The molecule has 0 aliphatic rings. The van der Waals surface area contributed by atoms with Gasteiger partial charge in [0.1, 0.15) is 13.2 Å². The summed E-state index contributed by atoms with van der Waals surface area (Å²) in [5.41, 5.74) is 0. The number of carbonyl (C=O) groups is 3. The molecule has 0 radical (unpaired) electrons. The minimum Gasteiger partial charge on any atom is -0.462 e. The molecule has 0 saturated carbocycles. The minimum atomic E-state index is -0.782. The molecule has 0 aromatic rings. The molecule has 0 aromatic heterocycles. The van der Waals surface area contributed by atoms with Crippen molar-refractivity contribution in [1.82, 2.24) is 0 Å². The molecule has 0 N–H and O–H groups in total. The van der Waals surface area contributed by atoms with Crippen molar-refractivity contribution in [3.05, 3.63) is 122 Å². The van der Waals surface area contributed by atoms with Gasteiger partial charge in [0.25, 0.3) is 0 Å². The summed E-state index contributed by atoms with van der Waals surface area (Å²) < 4.78 is 16.9. The fourth-order valence-corrected chi connectivity index (χ4v) is 9.62. The number of esters is 3. The zero-order valence-electron chi connectivity index (χ0n) is 53.7. The van der Waals surface area contributed by atoms with Crippen molar-refractivity contribution < 1.29 is 28.6 Å². The number of hydrogen-bond donors (Lipinski definition) is 0. The number of unbranched alkanes of at least 4 members (excludes halogenated alkanes) is 31. The van der Waals surface area contributed by atoms with Crippen LogP contribution in [-0.2, 0) is 28.6 Å². The van der Waals surface area contributed by atoms with Gasteiger partial charge in [0, 0.05) is 19.3 Å². The molecule has 0 aliphatic carbocycles. The number of ether oxygens (including phenoxy) is 3. The highest BCUT2D eigenvalue weighted by atomic mass is 16.6. The topological polar surface area (TPSA) is 78.9 Å². The standard InChI is InChI=1S/C76H128O6/c1-4-7-10-13-16-19-22-24-26-28-30-32-34-35-36-37-38-39-40-41-43-44-46-48-50-52-54-57-60-63-66-69-75(78)81-72-73(71-80-74(77)68-65-62-59-56-21-18-15-12-9-6-3)82-76(79)70-67-64-61-58-55-53-51-49-47-45-42-33-31-29-27-25-23-20-17-14-11-8-5-2/h7-8,10-11,16-17,19-20,24-27,30-33,35-36,38-39,73H,4-6,9,12-15,18,21-23,28-29,34,37,40-72H2,1-3H3/b10-7-,11-8-,19-16-,20-17-,26-24-,27-25-,32-30-,33-31-,36-35-,39-38-. The van der Waals surface area contributed by atoms with Crippen molar-refractivity contribution >= 4 is 17.9 Å². The first-order valence-electron chi connectivity index (χ1n) is 34.5. The minimum absolute atomic E-state index is 0.0783. The van der Waals surface area contributed by atoms with Gasteiger partial charge >= 0.3 is 17.9 Å². The molecule has 1 unspecified atom stereocenters. The molecule has 6 nitrogen and oxygen atoms in total. The van der Waals surface area contributed by atoms with Gasteiger partial charge in [0.2, 0.25) is 0 Å². The lowest BCUT2D eigenvalue weighted by molar-refractivity contribution is -0.167. The zero-order valence-corrected chi connectivity index (χ0v) is 53.7. The Hall–Kier alpha value is -4.19. The van der Waals surface area contributed by atoms with Crippen LogP contribution >= 0.6 is 0 Å². The van der Waals surface area contributed by atoms with Gasteiger partial charge < -0.3 is 14.2 Å². The van der Waals surface area contributed by atoms with Gasteiger partial charge in [-0.2, -0.15) is 0 Å². The van der Waals surface area contributed by atoms with Crippen LogP contribution in [0.15, 0.2) is 122 Å². The van der Waals surface area contributed by atoms with E-state index in [9.17, 15) is 14.4 Å². The first-order valence-corrected chi connectivity index (χ1v) is 34.5. The Labute approximate surface area is 507 Å². The van der Waals surface area contributed by atoms with E-state index in [1.54, 1.807) is 0 Å². The second kappa shape index (κ2) is 69.3. The Morgan fingerprint density at radius 1 is 0.256 bits per heavy atom. The van der Waals surface area contributed by atoms with Gasteiger partial charge in [-0.25, -0.2) is 0 Å². The van der Waals surface area contributed by atoms with E-state index in [1.807, 2.05) is 0 Å². The summed E-state index contributed by atoms with van der Waals surface area (Å²) >= 11 is 0. The molecular weight excluding hydrogens is 1010 g/mol. The highest BCUT2D eigenvalue weighted by molar-refractivity contribution is 5.71. The van der Waals surface area contributed by atoms with Crippen LogP contribution in [0.25, 0.3) is 0 Å². The third kappa shape index (κ3) is 66.6. The average Bonchev–Trinajstić information content (AvgIpc) is 3.47. The lowest BCUT2D eigenvalue weighted by atomic mass is 10.0. The maximum Gasteiger partial charge on any atom is 0.306 e. The highest BCUT2D eigenvalue weighted by Crippen LogP contribution is 2.17. The summed E-state index contributed by atoms with van der Waals surface area (Å²) in [5.74, 6) is -0.876. The van der Waals surface area contributed by atoms with E-state index in [1.165, 1.54) is 161 Å². The predicted octanol–water partition coefficient (Wildman–Crippen LogP) is 23.9. The van der Waals surface area contributed by atoms with Crippen molar-refractivity contribution in [2.45, 2.75) is 329 Å². The monoisotopic (exact) mass is 1140 g/mol. The van der Waals surface area contributed by atoms with E-state index >= 15 is 0 Å². The van der Waals surface area contributed by atoms with Gasteiger partial charge in [-0.05, 0) is 109 Å². The molecule has 0 aromatic carbocycles. The summed E-state index contributed by atoms with van der Waals surface area (Å²) in [6, 6.07) is 0. The Balaban J connectivity index is 4.21. The largest absolute Gasteiger partial charge is 0.462 e. The van der Waals surface area contributed by atoms with Crippen molar-refractivity contribution in [3.63, 3.8) is 0 Å². The predicted molar refractivity (Wildman–Crippen MR) is 357 cm³/mol. The van der Waals surface area contributed by atoms with Crippen molar-refractivity contribution in [3.8, 4) is 0 Å².